The van der Waals surface area contributed by atoms with Crippen molar-refractivity contribution in [3.05, 3.63) is 0 Å². The lowest BCUT2D eigenvalue weighted by molar-refractivity contribution is -0.134. The Kier molecular flexibility index (Phi) is 4.43. The highest BCUT2D eigenvalue weighted by Gasteiger charge is 2.32. The minimum atomic E-state index is 0.0902. The van der Waals surface area contributed by atoms with E-state index in [1.165, 1.54) is 25.7 Å². The van der Waals surface area contributed by atoms with Crippen LogP contribution in [0.5, 0.6) is 0 Å². The Labute approximate surface area is 105 Å². The molecule has 2 aliphatic rings. The van der Waals surface area contributed by atoms with E-state index < -0.39 is 0 Å². The summed E-state index contributed by atoms with van der Waals surface area (Å²) in [4.78, 5) is 14.2. The second-order valence-corrected chi connectivity index (χ2v) is 5.59. The molecule has 1 saturated heterocycles. The molecule has 1 amide bonds. The number of nitrogens with zero attached hydrogens (tertiary/aromatic N) is 1. The first-order valence-corrected chi connectivity index (χ1v) is 7.26. The molecule has 1 heterocycles. The molecule has 0 radical (unpaired) electrons. The van der Waals surface area contributed by atoms with Crippen molar-refractivity contribution in [3.8, 4) is 0 Å². The van der Waals surface area contributed by atoms with Crippen LogP contribution in [0.1, 0.15) is 46.0 Å². The SMILES string of the molecule is CCN(CC)C(=O)C1CC(CC2CC2)CCN1. The maximum atomic E-state index is 12.3. The van der Waals surface area contributed by atoms with Crippen LogP contribution in [0, 0.1) is 11.8 Å². The van der Waals surface area contributed by atoms with Crippen molar-refractivity contribution < 1.29 is 4.79 Å². The molecule has 3 nitrogen and oxygen atoms in total. The molecule has 0 aromatic carbocycles. The second kappa shape index (κ2) is 5.85. The number of carbonyl (C=O) groups excluding carboxylic acids is 1. The molecule has 2 rings (SSSR count). The van der Waals surface area contributed by atoms with Gasteiger partial charge in [-0.15, -0.1) is 0 Å². The predicted octanol–water partition coefficient (Wildman–Crippen LogP) is 2.02. The highest BCUT2D eigenvalue weighted by molar-refractivity contribution is 5.82. The van der Waals surface area contributed by atoms with Crippen LogP contribution in [0.2, 0.25) is 0 Å². The number of likely N-dealkylation sites (N-methyl/N-ethyl adjacent to an activating group) is 1. The summed E-state index contributed by atoms with van der Waals surface area (Å²) in [5.41, 5.74) is 0. The van der Waals surface area contributed by atoms with Crippen LogP contribution < -0.4 is 5.32 Å². The first kappa shape index (κ1) is 12.9. The molecule has 0 aromatic rings. The van der Waals surface area contributed by atoms with E-state index in [-0.39, 0.29) is 6.04 Å². The monoisotopic (exact) mass is 238 g/mol. The van der Waals surface area contributed by atoms with E-state index in [1.807, 2.05) is 4.90 Å². The zero-order chi connectivity index (χ0) is 12.3. The predicted molar refractivity (Wildman–Crippen MR) is 69.8 cm³/mol. The second-order valence-electron chi connectivity index (χ2n) is 5.59. The summed E-state index contributed by atoms with van der Waals surface area (Å²) >= 11 is 0. The van der Waals surface area contributed by atoms with Crippen LogP contribution in [0.25, 0.3) is 0 Å². The van der Waals surface area contributed by atoms with Gasteiger partial charge in [0.2, 0.25) is 5.91 Å². The van der Waals surface area contributed by atoms with Gasteiger partial charge < -0.3 is 10.2 Å². The van der Waals surface area contributed by atoms with Gasteiger partial charge in [-0.3, -0.25) is 4.79 Å². The van der Waals surface area contributed by atoms with Crippen molar-refractivity contribution in [3.63, 3.8) is 0 Å². The lowest BCUT2D eigenvalue weighted by Gasteiger charge is -2.32. The molecule has 2 atom stereocenters. The van der Waals surface area contributed by atoms with E-state index in [0.29, 0.717) is 5.91 Å². The van der Waals surface area contributed by atoms with Gasteiger partial charge in [0.15, 0.2) is 0 Å². The number of hydrogen-bond donors (Lipinski definition) is 1. The average molecular weight is 238 g/mol. The molecule has 2 fully saturated rings. The zero-order valence-electron chi connectivity index (χ0n) is 11.2. The van der Waals surface area contributed by atoms with Crippen molar-refractivity contribution in [2.75, 3.05) is 19.6 Å². The number of rotatable bonds is 5. The lowest BCUT2D eigenvalue weighted by atomic mass is 9.87. The third-order valence-corrected chi connectivity index (χ3v) is 4.25. The number of piperidine rings is 1. The van der Waals surface area contributed by atoms with Gasteiger partial charge in [0.25, 0.3) is 0 Å². The topological polar surface area (TPSA) is 32.3 Å². The molecular formula is C14H26N2O. The maximum Gasteiger partial charge on any atom is 0.239 e. The molecule has 0 bridgehead atoms. The van der Waals surface area contributed by atoms with Crippen molar-refractivity contribution in [1.29, 1.82) is 0 Å². The summed E-state index contributed by atoms with van der Waals surface area (Å²) in [6.07, 6.45) is 6.55. The summed E-state index contributed by atoms with van der Waals surface area (Å²) < 4.78 is 0. The first-order chi connectivity index (χ1) is 8.24. The Morgan fingerprint density at radius 1 is 1.18 bits per heavy atom. The van der Waals surface area contributed by atoms with Crippen molar-refractivity contribution in [2.24, 2.45) is 11.8 Å². The fraction of sp³-hybridized carbons (Fsp3) is 0.929. The van der Waals surface area contributed by atoms with Crippen molar-refractivity contribution in [1.82, 2.24) is 10.2 Å². The molecule has 0 spiro atoms. The summed E-state index contributed by atoms with van der Waals surface area (Å²) in [7, 11) is 0. The normalized spacial score (nSPS) is 29.1. The Balaban J connectivity index is 1.84. The summed E-state index contributed by atoms with van der Waals surface area (Å²) in [6.45, 7) is 6.81. The minimum absolute atomic E-state index is 0.0902. The number of nitrogens with one attached hydrogen (secondary N) is 1. The zero-order valence-corrected chi connectivity index (χ0v) is 11.2. The van der Waals surface area contributed by atoms with E-state index in [9.17, 15) is 4.79 Å². The van der Waals surface area contributed by atoms with Gasteiger partial charge >= 0.3 is 0 Å². The van der Waals surface area contributed by atoms with Crippen molar-refractivity contribution >= 4 is 5.91 Å². The fourth-order valence-electron chi connectivity index (χ4n) is 2.98. The number of hydrogen-bond acceptors (Lipinski definition) is 2. The Morgan fingerprint density at radius 3 is 2.47 bits per heavy atom. The quantitative estimate of drug-likeness (QED) is 0.795. The van der Waals surface area contributed by atoms with Gasteiger partial charge in [-0.1, -0.05) is 12.8 Å². The molecule has 3 heteroatoms. The maximum absolute atomic E-state index is 12.3. The van der Waals surface area contributed by atoms with Crippen LogP contribution in [-0.2, 0) is 4.79 Å². The van der Waals surface area contributed by atoms with E-state index in [4.69, 9.17) is 0 Å². The summed E-state index contributed by atoms with van der Waals surface area (Å²) in [5.74, 6) is 2.09. The lowest BCUT2D eigenvalue weighted by Crippen LogP contribution is -2.50. The van der Waals surface area contributed by atoms with E-state index in [0.717, 1.165) is 37.9 Å². The van der Waals surface area contributed by atoms with Gasteiger partial charge in [0.1, 0.15) is 0 Å². The molecule has 1 aliphatic heterocycles. The first-order valence-electron chi connectivity index (χ1n) is 7.26. The molecule has 0 aromatic heterocycles. The standard InChI is InChI=1S/C14H26N2O/c1-3-16(4-2)14(17)13-10-12(7-8-15-13)9-11-5-6-11/h11-13,15H,3-10H2,1-2H3. The summed E-state index contributed by atoms with van der Waals surface area (Å²) in [5, 5.41) is 3.40. The van der Waals surface area contributed by atoms with E-state index in [1.54, 1.807) is 0 Å². The van der Waals surface area contributed by atoms with Gasteiger partial charge in [-0.2, -0.15) is 0 Å². The molecule has 98 valence electrons. The Morgan fingerprint density at radius 2 is 1.88 bits per heavy atom. The third-order valence-electron chi connectivity index (χ3n) is 4.25. The van der Waals surface area contributed by atoms with Gasteiger partial charge in [0, 0.05) is 13.1 Å². The smallest absolute Gasteiger partial charge is 0.239 e. The fourth-order valence-corrected chi connectivity index (χ4v) is 2.98. The van der Waals surface area contributed by atoms with Crippen LogP contribution in [0.15, 0.2) is 0 Å². The molecule has 1 saturated carbocycles. The minimum Gasteiger partial charge on any atom is -0.342 e. The highest BCUT2D eigenvalue weighted by Crippen LogP contribution is 2.38. The van der Waals surface area contributed by atoms with Gasteiger partial charge in [-0.05, 0) is 51.5 Å². The molecule has 1 N–H and O–H groups in total. The van der Waals surface area contributed by atoms with Gasteiger partial charge in [0.05, 0.1) is 6.04 Å². The third kappa shape index (κ3) is 3.44. The summed E-state index contributed by atoms with van der Waals surface area (Å²) in [6, 6.07) is 0.0902. The van der Waals surface area contributed by atoms with Gasteiger partial charge in [-0.25, -0.2) is 0 Å². The molecular weight excluding hydrogens is 212 g/mol. The Hall–Kier alpha value is -0.570. The largest absolute Gasteiger partial charge is 0.342 e. The Bertz CT molecular complexity index is 259. The van der Waals surface area contributed by atoms with Crippen molar-refractivity contribution in [2.45, 2.75) is 52.0 Å². The van der Waals surface area contributed by atoms with Crippen LogP contribution >= 0.6 is 0 Å². The van der Waals surface area contributed by atoms with Crippen LogP contribution in [0.4, 0.5) is 0 Å². The van der Waals surface area contributed by atoms with Crippen LogP contribution in [0.3, 0.4) is 0 Å². The van der Waals surface area contributed by atoms with E-state index >= 15 is 0 Å². The van der Waals surface area contributed by atoms with E-state index in [2.05, 4.69) is 19.2 Å². The molecule has 2 unspecified atom stereocenters. The molecule has 17 heavy (non-hydrogen) atoms. The number of carbonyl (C=O) groups is 1. The average Bonchev–Trinajstić information content (AvgIpc) is 3.15. The molecule has 1 aliphatic carbocycles. The number of amides is 1. The highest BCUT2D eigenvalue weighted by atomic mass is 16.2. The van der Waals surface area contributed by atoms with Crippen LogP contribution in [-0.4, -0.2) is 36.5 Å².